The van der Waals surface area contributed by atoms with Gasteiger partial charge in [0.25, 0.3) is 5.91 Å². The molecule has 2 amide bonds. The van der Waals surface area contributed by atoms with Gasteiger partial charge in [-0.15, -0.1) is 0 Å². The summed E-state index contributed by atoms with van der Waals surface area (Å²) in [6.07, 6.45) is 1.23. The van der Waals surface area contributed by atoms with Crippen molar-refractivity contribution in [1.82, 2.24) is 0 Å². The lowest BCUT2D eigenvalue weighted by atomic mass is 10.1. The summed E-state index contributed by atoms with van der Waals surface area (Å²) in [4.78, 5) is 24.4. The number of rotatable bonds is 7. The lowest BCUT2D eigenvalue weighted by Crippen LogP contribution is -2.47. The second-order valence-corrected chi connectivity index (χ2v) is 8.15. The van der Waals surface area contributed by atoms with Crippen molar-refractivity contribution in [3.8, 4) is 0 Å². The summed E-state index contributed by atoms with van der Waals surface area (Å²) in [5.74, 6) is -1.27. The molecular formula is C18H20ClN3O4S. The van der Waals surface area contributed by atoms with Crippen LogP contribution in [0.5, 0.6) is 0 Å². The number of halogens is 1. The van der Waals surface area contributed by atoms with Gasteiger partial charge in [0.05, 0.1) is 23.2 Å². The Hall–Kier alpha value is -2.58. The van der Waals surface area contributed by atoms with E-state index in [1.54, 1.807) is 31.2 Å². The zero-order chi connectivity index (χ0) is 20.2. The molecule has 0 aliphatic carbocycles. The van der Waals surface area contributed by atoms with Crippen molar-refractivity contribution in [3.05, 3.63) is 59.1 Å². The number of hydrogen-bond acceptors (Lipinski definition) is 4. The molecule has 0 fully saturated rings. The third-order valence-electron chi connectivity index (χ3n) is 3.86. The molecule has 1 atom stereocenters. The number of nitrogens with one attached hydrogen (secondary N) is 1. The number of carbonyl (C=O) groups is 2. The van der Waals surface area contributed by atoms with Gasteiger partial charge in [-0.25, -0.2) is 8.42 Å². The molecule has 27 heavy (non-hydrogen) atoms. The molecule has 0 aliphatic rings. The molecule has 0 bridgehead atoms. The fourth-order valence-electron chi connectivity index (χ4n) is 2.67. The molecule has 144 valence electrons. The quantitative estimate of drug-likeness (QED) is 0.732. The first-order chi connectivity index (χ1) is 12.6. The van der Waals surface area contributed by atoms with Crippen LogP contribution in [0.15, 0.2) is 48.5 Å². The lowest BCUT2D eigenvalue weighted by molar-refractivity contribution is -0.117. The number of hydrogen-bond donors (Lipinski definition) is 2. The Balaban J connectivity index is 2.41. The first-order valence-electron chi connectivity index (χ1n) is 8.09. The molecule has 0 aromatic heterocycles. The maximum atomic E-state index is 12.9. The van der Waals surface area contributed by atoms with Gasteiger partial charge >= 0.3 is 0 Å². The second-order valence-electron chi connectivity index (χ2n) is 5.86. The summed E-state index contributed by atoms with van der Waals surface area (Å²) in [6.45, 7) is 1.69. The second kappa shape index (κ2) is 8.41. The topological polar surface area (TPSA) is 110 Å². The zero-order valence-electron chi connectivity index (χ0n) is 14.8. The molecule has 0 saturated heterocycles. The van der Waals surface area contributed by atoms with Crippen LogP contribution in [0.3, 0.4) is 0 Å². The zero-order valence-corrected chi connectivity index (χ0v) is 16.4. The predicted molar refractivity (Wildman–Crippen MR) is 106 cm³/mol. The Morgan fingerprint density at radius 1 is 1.15 bits per heavy atom. The first kappa shape index (κ1) is 20.7. The predicted octanol–water partition coefficient (Wildman–Crippen LogP) is 2.62. The fourth-order valence-corrected chi connectivity index (χ4v) is 4.01. The van der Waals surface area contributed by atoms with Gasteiger partial charge in [0.1, 0.15) is 6.04 Å². The van der Waals surface area contributed by atoms with Gasteiger partial charge in [0.15, 0.2) is 0 Å². The monoisotopic (exact) mass is 409 g/mol. The van der Waals surface area contributed by atoms with Crippen LogP contribution in [-0.2, 0) is 14.8 Å². The molecule has 3 N–H and O–H groups in total. The summed E-state index contributed by atoms with van der Waals surface area (Å²) < 4.78 is 25.8. The average molecular weight is 410 g/mol. The minimum atomic E-state index is -3.77. The van der Waals surface area contributed by atoms with Gasteiger partial charge in [-0.2, -0.15) is 0 Å². The van der Waals surface area contributed by atoms with Crippen LogP contribution in [0.2, 0.25) is 5.02 Å². The largest absolute Gasteiger partial charge is 0.366 e. The number of primary amides is 1. The number of anilines is 2. The molecule has 0 unspecified atom stereocenters. The van der Waals surface area contributed by atoms with Crippen molar-refractivity contribution in [2.75, 3.05) is 15.9 Å². The lowest BCUT2D eigenvalue weighted by Gasteiger charge is -2.30. The Kier molecular flexibility index (Phi) is 6.45. The molecule has 0 radical (unpaired) electrons. The van der Waals surface area contributed by atoms with Gasteiger partial charge in [0.2, 0.25) is 15.9 Å². The highest BCUT2D eigenvalue weighted by atomic mass is 35.5. The molecule has 2 aromatic carbocycles. The molecule has 2 aromatic rings. The van der Waals surface area contributed by atoms with Crippen LogP contribution in [-0.4, -0.2) is 32.5 Å². The molecule has 2 rings (SSSR count). The smallest absolute Gasteiger partial charge is 0.250 e. The number of sulfonamides is 1. The summed E-state index contributed by atoms with van der Waals surface area (Å²) in [5.41, 5.74) is 5.99. The van der Waals surface area contributed by atoms with E-state index < -0.39 is 27.9 Å². The number of nitrogens with two attached hydrogens (primary N) is 1. The molecule has 9 heteroatoms. The number of benzene rings is 2. The van der Waals surface area contributed by atoms with Crippen molar-refractivity contribution in [2.45, 2.75) is 19.4 Å². The molecule has 0 aliphatic heterocycles. The van der Waals surface area contributed by atoms with Gasteiger partial charge in [-0.1, -0.05) is 30.7 Å². The van der Waals surface area contributed by atoms with E-state index in [0.29, 0.717) is 10.7 Å². The highest BCUT2D eigenvalue weighted by Gasteiger charge is 2.32. The number of nitrogens with zero attached hydrogens (tertiary/aromatic N) is 1. The van der Waals surface area contributed by atoms with Gasteiger partial charge in [-0.05, 0) is 42.8 Å². The minimum Gasteiger partial charge on any atom is -0.366 e. The fraction of sp³-hybridized carbons (Fsp3) is 0.222. The van der Waals surface area contributed by atoms with E-state index >= 15 is 0 Å². The van der Waals surface area contributed by atoms with Crippen molar-refractivity contribution in [2.24, 2.45) is 5.73 Å². The summed E-state index contributed by atoms with van der Waals surface area (Å²) in [6, 6.07) is 11.4. The molecule has 0 heterocycles. The standard InChI is InChI=1S/C18H20ClN3O4S/c1-3-16(18(24)21-15-7-5-4-6-14(15)17(20)23)22(27(2,25)26)13-10-8-12(19)9-11-13/h4-11,16H,3H2,1-2H3,(H2,20,23)(H,21,24)/t16-/m1/s1. The van der Waals surface area contributed by atoms with E-state index in [0.717, 1.165) is 10.6 Å². The minimum absolute atomic E-state index is 0.137. The van der Waals surface area contributed by atoms with E-state index in [4.69, 9.17) is 17.3 Å². The highest BCUT2D eigenvalue weighted by molar-refractivity contribution is 7.92. The number of amides is 2. The van der Waals surface area contributed by atoms with Gasteiger partial charge in [0, 0.05) is 5.02 Å². The van der Waals surface area contributed by atoms with Crippen LogP contribution in [0.4, 0.5) is 11.4 Å². The maximum absolute atomic E-state index is 12.9. The molecule has 7 nitrogen and oxygen atoms in total. The van der Waals surface area contributed by atoms with Crippen LogP contribution < -0.4 is 15.4 Å². The van der Waals surface area contributed by atoms with Crippen molar-refractivity contribution >= 4 is 44.8 Å². The van der Waals surface area contributed by atoms with Crippen molar-refractivity contribution in [3.63, 3.8) is 0 Å². The summed E-state index contributed by atoms with van der Waals surface area (Å²) >= 11 is 5.87. The van der Waals surface area contributed by atoms with Crippen LogP contribution in [0.1, 0.15) is 23.7 Å². The third-order valence-corrected chi connectivity index (χ3v) is 5.29. The average Bonchev–Trinajstić information content (AvgIpc) is 2.59. The Bertz CT molecular complexity index is 945. The normalized spacial score (nSPS) is 12.3. The van der Waals surface area contributed by atoms with Crippen LogP contribution >= 0.6 is 11.6 Å². The Morgan fingerprint density at radius 3 is 2.26 bits per heavy atom. The van der Waals surface area contributed by atoms with Crippen molar-refractivity contribution < 1.29 is 18.0 Å². The van der Waals surface area contributed by atoms with E-state index in [2.05, 4.69) is 5.32 Å². The van der Waals surface area contributed by atoms with Crippen LogP contribution in [0, 0.1) is 0 Å². The number of carbonyl (C=O) groups excluding carboxylic acids is 2. The van der Waals surface area contributed by atoms with Gasteiger partial charge in [-0.3, -0.25) is 13.9 Å². The SMILES string of the molecule is CC[C@H](C(=O)Nc1ccccc1C(N)=O)N(c1ccc(Cl)cc1)S(C)(=O)=O. The first-order valence-corrected chi connectivity index (χ1v) is 10.3. The van der Waals surface area contributed by atoms with E-state index in [9.17, 15) is 18.0 Å². The molecular weight excluding hydrogens is 390 g/mol. The highest BCUT2D eigenvalue weighted by Crippen LogP contribution is 2.25. The Labute approximate surface area is 163 Å². The Morgan fingerprint density at radius 2 is 1.74 bits per heavy atom. The summed E-state index contributed by atoms with van der Waals surface area (Å²) in [5, 5.41) is 3.05. The maximum Gasteiger partial charge on any atom is 0.250 e. The third kappa shape index (κ3) is 4.99. The molecule has 0 saturated carbocycles. The van der Waals surface area contributed by atoms with E-state index in [1.165, 1.54) is 24.3 Å². The molecule has 0 spiro atoms. The number of para-hydroxylation sites is 1. The van der Waals surface area contributed by atoms with E-state index in [1.807, 2.05) is 0 Å². The van der Waals surface area contributed by atoms with Gasteiger partial charge < -0.3 is 11.1 Å². The van der Waals surface area contributed by atoms with Crippen molar-refractivity contribution in [1.29, 1.82) is 0 Å². The van der Waals surface area contributed by atoms with E-state index in [-0.39, 0.29) is 17.7 Å². The van der Waals surface area contributed by atoms with Crippen LogP contribution in [0.25, 0.3) is 0 Å². The summed E-state index contributed by atoms with van der Waals surface area (Å²) in [7, 11) is -3.77.